The van der Waals surface area contributed by atoms with E-state index in [1.165, 1.54) is 12.3 Å². The van der Waals surface area contributed by atoms with Gasteiger partial charge in [-0.25, -0.2) is 9.37 Å². The molecule has 4 rings (SSSR count). The number of aryl methyl sites for hydroxylation is 1. The van der Waals surface area contributed by atoms with E-state index in [1.54, 1.807) is 23.9 Å². The molecule has 1 fully saturated rings. The third-order valence-corrected chi connectivity index (χ3v) is 4.34. The van der Waals surface area contributed by atoms with Gasteiger partial charge in [-0.1, -0.05) is 12.1 Å². The summed E-state index contributed by atoms with van der Waals surface area (Å²) in [5.74, 6) is 0.380. The number of halogens is 1. The molecule has 0 amide bonds. The van der Waals surface area contributed by atoms with Crippen LogP contribution < -0.4 is 5.56 Å². The highest BCUT2D eigenvalue weighted by Crippen LogP contribution is 2.29. The van der Waals surface area contributed by atoms with Gasteiger partial charge in [0.1, 0.15) is 17.0 Å². The van der Waals surface area contributed by atoms with Crippen LogP contribution in [-0.4, -0.2) is 30.7 Å². The molecule has 3 aromatic rings. The molecule has 0 radical (unpaired) electrons. The topological polar surface area (TPSA) is 66.8 Å². The lowest BCUT2D eigenvalue weighted by Crippen LogP contribution is -2.27. The normalized spacial score (nSPS) is 14.6. The number of H-pyrrole nitrogens is 1. The highest BCUT2D eigenvalue weighted by molar-refractivity contribution is 5.72. The fourth-order valence-corrected chi connectivity index (χ4v) is 2.97. The quantitative estimate of drug-likeness (QED) is 0.778. The van der Waals surface area contributed by atoms with Crippen molar-refractivity contribution in [3.63, 3.8) is 0 Å². The van der Waals surface area contributed by atoms with E-state index in [-0.39, 0.29) is 11.4 Å². The number of aromatic nitrogens is 4. The molecular weight excluding hydrogens is 309 g/mol. The largest absolute Gasteiger partial charge is 0.309 e. The Bertz CT molecular complexity index is 944. The van der Waals surface area contributed by atoms with Gasteiger partial charge in [-0.15, -0.1) is 0 Å². The smallest absolute Gasteiger partial charge is 0.262 e. The Kier molecular flexibility index (Phi) is 3.65. The van der Waals surface area contributed by atoms with Crippen LogP contribution in [0.2, 0.25) is 0 Å². The Morgan fingerprint density at radius 3 is 2.96 bits per heavy atom. The van der Waals surface area contributed by atoms with Crippen LogP contribution in [-0.2, 0) is 20.1 Å². The predicted octanol–water partition coefficient (Wildman–Crippen LogP) is 1.96. The van der Waals surface area contributed by atoms with Gasteiger partial charge in [0.25, 0.3) is 5.56 Å². The Morgan fingerprint density at radius 2 is 2.21 bits per heavy atom. The van der Waals surface area contributed by atoms with E-state index in [2.05, 4.69) is 20.0 Å². The highest BCUT2D eigenvalue weighted by Gasteiger charge is 2.29. The highest BCUT2D eigenvalue weighted by atomic mass is 19.1. The second-order valence-corrected chi connectivity index (χ2v) is 6.28. The summed E-state index contributed by atoms with van der Waals surface area (Å²) in [5, 5.41) is 4.57. The van der Waals surface area contributed by atoms with Gasteiger partial charge < -0.3 is 4.98 Å². The Labute approximate surface area is 137 Å². The maximum absolute atomic E-state index is 13.4. The molecule has 0 saturated heterocycles. The minimum absolute atomic E-state index is 0.176. The van der Waals surface area contributed by atoms with E-state index in [9.17, 15) is 9.18 Å². The first-order valence-electron chi connectivity index (χ1n) is 7.99. The predicted molar refractivity (Wildman–Crippen MR) is 87.8 cm³/mol. The Morgan fingerprint density at radius 1 is 1.38 bits per heavy atom. The first kappa shape index (κ1) is 15.0. The first-order chi connectivity index (χ1) is 11.6. The lowest BCUT2D eigenvalue weighted by molar-refractivity contribution is 0.239. The minimum Gasteiger partial charge on any atom is -0.309 e. The molecular formula is C17H18FN5O. The molecule has 2 aromatic heterocycles. The molecule has 0 atom stereocenters. The zero-order valence-corrected chi connectivity index (χ0v) is 13.4. The first-order valence-corrected chi connectivity index (χ1v) is 7.99. The minimum atomic E-state index is -0.230. The van der Waals surface area contributed by atoms with Gasteiger partial charge in [-0.3, -0.25) is 14.4 Å². The molecule has 24 heavy (non-hydrogen) atoms. The molecule has 1 saturated carbocycles. The Hall–Kier alpha value is -2.54. The van der Waals surface area contributed by atoms with Crippen LogP contribution in [0.15, 0.2) is 35.3 Å². The molecule has 1 aliphatic carbocycles. The van der Waals surface area contributed by atoms with Gasteiger partial charge in [0.2, 0.25) is 0 Å². The lowest BCUT2D eigenvalue weighted by Gasteiger charge is -2.21. The number of hydrogen-bond acceptors (Lipinski definition) is 4. The third kappa shape index (κ3) is 2.94. The number of fused-ring (bicyclic) bond motifs is 1. The van der Waals surface area contributed by atoms with Crippen molar-refractivity contribution in [3.8, 4) is 0 Å². The van der Waals surface area contributed by atoms with Crippen molar-refractivity contribution in [2.45, 2.75) is 32.0 Å². The summed E-state index contributed by atoms with van der Waals surface area (Å²) in [7, 11) is 1.77. The maximum atomic E-state index is 13.4. The Balaban J connectivity index is 1.61. The van der Waals surface area contributed by atoms with Crippen LogP contribution >= 0.6 is 0 Å². The molecule has 1 aliphatic rings. The van der Waals surface area contributed by atoms with Gasteiger partial charge in [-0.05, 0) is 30.5 Å². The number of benzene rings is 1. The van der Waals surface area contributed by atoms with Crippen molar-refractivity contribution >= 4 is 11.0 Å². The van der Waals surface area contributed by atoms with Gasteiger partial charge in [0, 0.05) is 19.6 Å². The average Bonchev–Trinajstić information content (AvgIpc) is 3.32. The summed E-state index contributed by atoms with van der Waals surface area (Å²) in [6.45, 7) is 1.16. The molecule has 0 unspecified atom stereocenters. The van der Waals surface area contributed by atoms with Crippen molar-refractivity contribution in [2.24, 2.45) is 7.05 Å². The number of aromatic amines is 1. The molecule has 0 bridgehead atoms. The third-order valence-electron chi connectivity index (χ3n) is 4.34. The monoisotopic (exact) mass is 327 g/mol. The fraction of sp³-hybridized carbons (Fsp3) is 0.353. The second kappa shape index (κ2) is 5.83. The van der Waals surface area contributed by atoms with Crippen LogP contribution in [0.25, 0.3) is 11.0 Å². The number of hydrogen-bond donors (Lipinski definition) is 1. The van der Waals surface area contributed by atoms with Gasteiger partial charge in [0.05, 0.1) is 12.7 Å². The second-order valence-electron chi connectivity index (χ2n) is 6.28. The average molecular weight is 327 g/mol. The van der Waals surface area contributed by atoms with E-state index >= 15 is 0 Å². The van der Waals surface area contributed by atoms with E-state index < -0.39 is 0 Å². The van der Waals surface area contributed by atoms with E-state index in [0.29, 0.717) is 36.0 Å². The molecule has 2 heterocycles. The molecule has 0 spiro atoms. The number of nitrogens with one attached hydrogen (secondary N) is 1. The van der Waals surface area contributed by atoms with E-state index in [1.807, 2.05) is 6.07 Å². The van der Waals surface area contributed by atoms with Crippen molar-refractivity contribution in [1.29, 1.82) is 0 Å². The van der Waals surface area contributed by atoms with E-state index in [4.69, 9.17) is 0 Å². The van der Waals surface area contributed by atoms with Crippen molar-refractivity contribution in [3.05, 3.63) is 58.0 Å². The molecule has 7 heteroatoms. The number of rotatable bonds is 5. The molecule has 6 nitrogen and oxygen atoms in total. The lowest BCUT2D eigenvalue weighted by atomic mass is 10.2. The molecule has 1 N–H and O–H groups in total. The SMILES string of the molecule is Cn1ncc2c(=O)[nH]c(CN(Cc3cccc(F)c3)C3CC3)nc21. The van der Waals surface area contributed by atoms with Gasteiger partial charge >= 0.3 is 0 Å². The van der Waals surface area contributed by atoms with Crippen LogP contribution in [0.5, 0.6) is 0 Å². The fourth-order valence-electron chi connectivity index (χ4n) is 2.97. The molecule has 1 aromatic carbocycles. The molecule has 0 aliphatic heterocycles. The summed E-state index contributed by atoms with van der Waals surface area (Å²) in [4.78, 5) is 21.8. The van der Waals surface area contributed by atoms with Crippen LogP contribution in [0.3, 0.4) is 0 Å². The van der Waals surface area contributed by atoms with Crippen molar-refractivity contribution in [2.75, 3.05) is 0 Å². The van der Waals surface area contributed by atoms with Crippen LogP contribution in [0.4, 0.5) is 4.39 Å². The summed E-state index contributed by atoms with van der Waals surface area (Å²) in [5.41, 5.74) is 1.32. The maximum Gasteiger partial charge on any atom is 0.262 e. The summed E-state index contributed by atoms with van der Waals surface area (Å²) >= 11 is 0. The molecule has 124 valence electrons. The number of nitrogens with zero attached hydrogens (tertiary/aromatic N) is 4. The van der Waals surface area contributed by atoms with Crippen LogP contribution in [0.1, 0.15) is 24.2 Å². The standard InChI is InChI=1S/C17H18FN5O/c1-22-16-14(8-19-22)17(24)21-15(20-16)10-23(13-5-6-13)9-11-3-2-4-12(18)7-11/h2-4,7-8,13H,5-6,9-10H2,1H3,(H,20,21,24). The zero-order chi connectivity index (χ0) is 16.7. The summed E-state index contributed by atoms with van der Waals surface area (Å²) in [6.07, 6.45) is 3.76. The summed E-state index contributed by atoms with van der Waals surface area (Å²) < 4.78 is 15.0. The van der Waals surface area contributed by atoms with Gasteiger partial charge in [0.15, 0.2) is 5.65 Å². The van der Waals surface area contributed by atoms with Crippen LogP contribution in [0, 0.1) is 5.82 Å². The van der Waals surface area contributed by atoms with Gasteiger partial charge in [-0.2, -0.15) is 5.10 Å². The van der Waals surface area contributed by atoms with E-state index in [0.717, 1.165) is 18.4 Å². The zero-order valence-electron chi connectivity index (χ0n) is 13.4. The summed E-state index contributed by atoms with van der Waals surface area (Å²) in [6, 6.07) is 7.09. The van der Waals surface area contributed by atoms with Crippen molar-refractivity contribution in [1.82, 2.24) is 24.6 Å². The van der Waals surface area contributed by atoms with Crippen molar-refractivity contribution < 1.29 is 4.39 Å².